The van der Waals surface area contributed by atoms with E-state index in [-0.39, 0.29) is 58.0 Å². The van der Waals surface area contributed by atoms with E-state index in [1.807, 2.05) is 255 Å². The molecule has 17 nitrogen and oxygen atoms in total. The quantitative estimate of drug-likeness (QED) is 0.0917. The minimum absolute atomic E-state index is 0.0897. The van der Waals surface area contributed by atoms with Crippen LogP contribution in [-0.4, -0.2) is 66.1 Å². The second-order valence-electron chi connectivity index (χ2n) is 30.4. The Hall–Kier alpha value is -10.5. The monoisotopic (exact) mass is 2030 g/mol. The van der Waals surface area contributed by atoms with Gasteiger partial charge in [-0.05, 0) is 311 Å². The molecule has 0 bridgehead atoms. The van der Waals surface area contributed by atoms with Crippen LogP contribution in [0.5, 0.6) is 0 Å². The van der Waals surface area contributed by atoms with Crippen molar-refractivity contribution in [1.82, 2.24) is 48.9 Å². The topological polar surface area (TPSA) is 215 Å². The Morgan fingerprint density at radius 1 is 0.258 bits per heavy atom. The molecule has 10 aromatic carbocycles. The van der Waals surface area contributed by atoms with Gasteiger partial charge in [-0.25, -0.2) is 23.4 Å². The van der Waals surface area contributed by atoms with Gasteiger partial charge in [0.15, 0.2) is 0 Å². The van der Waals surface area contributed by atoms with Crippen LogP contribution in [0.2, 0.25) is 0 Å². The second kappa shape index (κ2) is 44.4. The zero-order valence-corrected chi connectivity index (χ0v) is 81.1. The van der Waals surface area contributed by atoms with Gasteiger partial charge in [-0.1, -0.05) is 243 Å². The summed E-state index contributed by atoms with van der Waals surface area (Å²) < 4.78 is 11.3. The molecule has 634 valence electrons. The smallest absolute Gasteiger partial charge is 0.423 e. The fraction of sp³-hybridized carbons (Fsp3) is 0.200. The van der Waals surface area contributed by atoms with E-state index in [2.05, 4.69) is 201 Å². The van der Waals surface area contributed by atoms with Gasteiger partial charge >= 0.3 is 7.12 Å². The molecule has 5 atom stereocenters. The minimum atomic E-state index is -1.35. The molecule has 0 fully saturated rings. The largest absolute Gasteiger partial charge is 0.488 e. The maximum atomic E-state index is 13.1. The van der Waals surface area contributed by atoms with Crippen molar-refractivity contribution in [1.29, 1.82) is 0 Å². The predicted octanol–water partition coefficient (Wildman–Crippen LogP) is 23.0. The molecule has 5 unspecified atom stereocenters. The summed E-state index contributed by atoms with van der Waals surface area (Å²) in [6.07, 6.45) is 8.53. The van der Waals surface area contributed by atoms with E-state index in [9.17, 15) is 24.0 Å². The lowest BCUT2D eigenvalue weighted by molar-refractivity contribution is 0.425. The van der Waals surface area contributed by atoms with Crippen molar-refractivity contribution in [3.8, 4) is 44.5 Å². The number of halogens is 6. The highest BCUT2D eigenvalue weighted by Crippen LogP contribution is 2.33. The van der Waals surface area contributed by atoms with Crippen molar-refractivity contribution in [3.63, 3.8) is 0 Å². The summed E-state index contributed by atoms with van der Waals surface area (Å²) in [6, 6.07) is 78.8. The summed E-state index contributed by atoms with van der Waals surface area (Å²) in [5.41, 5.74) is 23.8. The molecule has 0 aliphatic rings. The van der Waals surface area contributed by atoms with E-state index >= 15 is 0 Å². The van der Waals surface area contributed by atoms with E-state index in [0.29, 0.717) is 43.4 Å². The van der Waals surface area contributed by atoms with Crippen molar-refractivity contribution in [3.05, 3.63) is 436 Å². The first kappa shape index (κ1) is 95.7. The Kier molecular flexibility index (Phi) is 34.2. The number of aromatic nitrogens is 10. The summed E-state index contributed by atoms with van der Waals surface area (Å²) in [7, 11) is -1.35. The molecule has 124 heavy (non-hydrogen) atoms. The number of hydrogen-bond donors (Lipinski definition) is 2. The maximum Gasteiger partial charge on any atom is 0.488 e. The van der Waals surface area contributed by atoms with Gasteiger partial charge in [-0.3, -0.25) is 24.0 Å². The number of rotatable bonds is 15. The lowest BCUT2D eigenvalue weighted by atomic mass is 9.79. The molecule has 0 saturated carbocycles. The van der Waals surface area contributed by atoms with Gasteiger partial charge in [0.1, 0.15) is 4.47 Å². The van der Waals surface area contributed by atoms with E-state index < -0.39 is 7.12 Å². The van der Waals surface area contributed by atoms with Crippen molar-refractivity contribution < 1.29 is 10.0 Å². The molecule has 0 saturated heterocycles. The summed E-state index contributed by atoms with van der Waals surface area (Å²) >= 11 is 20.5. The summed E-state index contributed by atoms with van der Waals surface area (Å²) in [5.74, 6) is 0. The van der Waals surface area contributed by atoms with Crippen LogP contribution in [0.25, 0.3) is 44.5 Å². The molecule has 0 spiro atoms. The standard InChI is InChI=1S/4C20H19BrN2O.C12H10Br2N2O.C8H11BO2/c2*1-13-9-10-17(11-14(13)2)19-18(21)12-22-23(20(19)24)15(3)16-7-5-4-6-8-16;2*1-13-9-10-17(11-14(13)2)18-12-22-23(20(24)19(18)21)15(3)16-7-5-4-6-8-16;1-8(9-5-3-2-4-6-9)16-12(17)11(14)10(13)7-15-16;1-6-3-4-8(9(10)11)5-7(6)2/h4*4-12,15H,1-3H3;2-8H,1H3;3-5,10-11H,1-2H3. The second-order valence-corrected chi connectivity index (χ2v) is 35.3. The van der Waals surface area contributed by atoms with Crippen molar-refractivity contribution in [2.75, 3.05) is 0 Å². The van der Waals surface area contributed by atoms with Crippen LogP contribution in [-0.2, 0) is 0 Å². The van der Waals surface area contributed by atoms with Crippen molar-refractivity contribution in [2.45, 2.75) is 134 Å². The Balaban J connectivity index is 0.000000158. The molecule has 15 aromatic rings. The third-order valence-corrected chi connectivity index (χ3v) is 26.6. The molecule has 0 radical (unpaired) electrons. The van der Waals surface area contributed by atoms with Crippen molar-refractivity contribution >= 4 is 108 Å². The van der Waals surface area contributed by atoms with Gasteiger partial charge in [0.2, 0.25) is 0 Å². The van der Waals surface area contributed by atoms with Gasteiger partial charge in [-0.15, -0.1) is 0 Å². The van der Waals surface area contributed by atoms with E-state index in [4.69, 9.17) is 10.0 Å². The Bertz CT molecular complexity index is 6240. The highest BCUT2D eigenvalue weighted by Gasteiger charge is 2.23. The van der Waals surface area contributed by atoms with Gasteiger partial charge in [0.05, 0.1) is 94.7 Å². The molecular weight excluding hydrogens is 1940 g/mol. The van der Waals surface area contributed by atoms with Crippen LogP contribution in [0.3, 0.4) is 0 Å². The average molecular weight is 2040 g/mol. The van der Waals surface area contributed by atoms with Gasteiger partial charge in [0.25, 0.3) is 27.8 Å². The normalized spacial score (nSPS) is 12.0. The molecule has 0 aliphatic heterocycles. The zero-order chi connectivity index (χ0) is 89.9. The third-order valence-electron chi connectivity index (χ3n) is 22.0. The summed E-state index contributed by atoms with van der Waals surface area (Å²) in [4.78, 5) is 63.7. The molecule has 2 N–H and O–H groups in total. The zero-order valence-electron chi connectivity index (χ0n) is 71.6. The first-order valence-corrected chi connectivity index (χ1v) is 44.9. The van der Waals surface area contributed by atoms with E-state index in [0.717, 1.165) is 72.3 Å². The molecule has 0 aliphatic carbocycles. The van der Waals surface area contributed by atoms with Crippen LogP contribution in [0.4, 0.5) is 0 Å². The lowest BCUT2D eigenvalue weighted by Crippen LogP contribution is -2.29. The highest BCUT2D eigenvalue weighted by molar-refractivity contribution is 9.13. The molecule has 15 rings (SSSR count). The Morgan fingerprint density at radius 2 is 0.484 bits per heavy atom. The van der Waals surface area contributed by atoms with Crippen LogP contribution in [0.1, 0.15) is 148 Å². The van der Waals surface area contributed by atoms with E-state index in [1.54, 1.807) is 52.5 Å². The van der Waals surface area contributed by atoms with Crippen LogP contribution in [0, 0.1) is 69.2 Å². The van der Waals surface area contributed by atoms with E-state index in [1.165, 1.54) is 58.6 Å². The summed E-state index contributed by atoms with van der Waals surface area (Å²) in [6.45, 7) is 30.3. The minimum Gasteiger partial charge on any atom is -0.423 e. The summed E-state index contributed by atoms with van der Waals surface area (Å²) in [5, 5.41) is 39.2. The fourth-order valence-electron chi connectivity index (χ4n) is 13.4. The van der Waals surface area contributed by atoms with Gasteiger partial charge in [0, 0.05) is 11.1 Å². The first-order chi connectivity index (χ1) is 59.2. The number of aryl methyl sites for hydroxylation is 10. The predicted molar refractivity (Wildman–Crippen MR) is 525 cm³/mol. The fourth-order valence-corrected chi connectivity index (χ4v) is 16.0. The maximum absolute atomic E-state index is 13.1. The molecule has 0 amide bonds. The first-order valence-electron chi connectivity index (χ1n) is 40.2. The van der Waals surface area contributed by atoms with Crippen LogP contribution in [0.15, 0.2) is 324 Å². The Labute approximate surface area is 774 Å². The number of hydrogen-bond acceptors (Lipinski definition) is 12. The van der Waals surface area contributed by atoms with Gasteiger partial charge in [-0.2, -0.15) is 25.5 Å². The molecular formula is C100H97BBr6N10O7. The average Bonchev–Trinajstić information content (AvgIpc) is 0.796. The number of nitrogens with zero attached hydrogens (tertiary/aromatic N) is 10. The SMILES string of the molecule is CC(c1ccccc1)n1ncc(Br)c(Br)c1=O.Cc1ccc(-c2c(Br)cnn(C(C)c3ccccc3)c2=O)cc1C.Cc1ccc(-c2c(Br)cnn(C(C)c3ccccc3)c2=O)cc1C.Cc1ccc(-c2cnn(C(C)c3ccccc3)c(=O)c2Br)cc1C.Cc1ccc(-c2cnn(C(C)c3ccccc3)c(=O)c2Br)cc1C.Cc1ccc(B(O)O)cc1C. The third kappa shape index (κ3) is 23.7. The van der Waals surface area contributed by atoms with Gasteiger partial charge < -0.3 is 10.0 Å². The van der Waals surface area contributed by atoms with Crippen molar-refractivity contribution in [2.24, 2.45) is 0 Å². The van der Waals surface area contributed by atoms with Crippen LogP contribution >= 0.6 is 95.6 Å². The lowest BCUT2D eigenvalue weighted by Gasteiger charge is -2.16. The molecule has 24 heteroatoms. The molecule has 5 aromatic heterocycles. The number of benzene rings is 10. The molecule has 5 heterocycles. The Morgan fingerprint density at radius 3 is 0.750 bits per heavy atom. The van der Waals surface area contributed by atoms with Crippen LogP contribution < -0.4 is 33.3 Å². The highest BCUT2D eigenvalue weighted by atomic mass is 79.9.